The second kappa shape index (κ2) is 7.99. The number of ether oxygens (including phenoxy) is 1. The fraction of sp³-hybridized carbons (Fsp3) is 0.375. The third kappa shape index (κ3) is 4.60. The molecule has 2 aromatic heterocycles. The van der Waals surface area contributed by atoms with Crippen LogP contribution in [0.4, 0.5) is 0 Å². The number of hydrogen-bond donors (Lipinski definition) is 1. The van der Waals surface area contributed by atoms with Gasteiger partial charge < -0.3 is 14.3 Å². The molecule has 0 radical (unpaired) electrons. The number of aliphatic hydroxyl groups is 1. The molecule has 2 rings (SSSR count). The first kappa shape index (κ1) is 16.6. The summed E-state index contributed by atoms with van der Waals surface area (Å²) in [7, 11) is 0. The second-order valence-electron chi connectivity index (χ2n) is 4.93. The second-order valence-corrected chi connectivity index (χ2v) is 5.94. The van der Waals surface area contributed by atoms with Crippen LogP contribution in [0.15, 0.2) is 33.9 Å². The third-order valence-corrected chi connectivity index (χ3v) is 4.09. The molecule has 116 valence electrons. The Bertz CT molecular complexity index is 650. The maximum atomic E-state index is 9.95. The number of furan rings is 1. The molecule has 0 spiro atoms. The van der Waals surface area contributed by atoms with Crippen molar-refractivity contribution >= 4 is 11.8 Å². The zero-order valence-corrected chi connectivity index (χ0v) is 13.4. The minimum atomic E-state index is -0.630. The molecule has 2 heterocycles. The van der Waals surface area contributed by atoms with E-state index < -0.39 is 6.10 Å². The van der Waals surface area contributed by atoms with Gasteiger partial charge in [-0.1, -0.05) is 0 Å². The summed E-state index contributed by atoms with van der Waals surface area (Å²) in [5.74, 6) is 1.14. The Labute approximate surface area is 133 Å². The summed E-state index contributed by atoms with van der Waals surface area (Å²) < 4.78 is 10.5. The van der Waals surface area contributed by atoms with E-state index in [0.29, 0.717) is 22.9 Å². The van der Waals surface area contributed by atoms with Crippen molar-refractivity contribution in [1.82, 2.24) is 4.98 Å². The first-order valence-electron chi connectivity index (χ1n) is 6.89. The van der Waals surface area contributed by atoms with Crippen LogP contribution < -0.4 is 0 Å². The Kier molecular flexibility index (Phi) is 6.01. The van der Waals surface area contributed by atoms with Crippen LogP contribution in [0.2, 0.25) is 0 Å². The largest absolute Gasteiger partial charge is 0.467 e. The van der Waals surface area contributed by atoms with Crippen LogP contribution in [0.1, 0.15) is 22.6 Å². The van der Waals surface area contributed by atoms with E-state index in [4.69, 9.17) is 9.15 Å². The van der Waals surface area contributed by atoms with Gasteiger partial charge in [0, 0.05) is 11.4 Å². The van der Waals surface area contributed by atoms with E-state index in [9.17, 15) is 10.4 Å². The number of nitriles is 1. The van der Waals surface area contributed by atoms with Gasteiger partial charge in [0.2, 0.25) is 0 Å². The lowest BCUT2D eigenvalue weighted by Crippen LogP contribution is -2.18. The fourth-order valence-electron chi connectivity index (χ4n) is 1.96. The van der Waals surface area contributed by atoms with Gasteiger partial charge in [0.25, 0.3) is 0 Å². The van der Waals surface area contributed by atoms with Crippen molar-refractivity contribution in [3.05, 3.63) is 47.0 Å². The van der Waals surface area contributed by atoms with Gasteiger partial charge in [-0.3, -0.25) is 0 Å². The highest BCUT2D eigenvalue weighted by Gasteiger charge is 2.12. The van der Waals surface area contributed by atoms with E-state index in [-0.39, 0.29) is 6.61 Å². The molecular formula is C16H18N2O3S. The molecule has 0 fully saturated rings. The molecule has 2 aromatic rings. The van der Waals surface area contributed by atoms with E-state index in [1.54, 1.807) is 12.3 Å². The Morgan fingerprint density at radius 3 is 3.00 bits per heavy atom. The highest BCUT2D eigenvalue weighted by atomic mass is 32.2. The lowest BCUT2D eigenvalue weighted by molar-refractivity contribution is 0.0328. The maximum Gasteiger partial charge on any atom is 0.129 e. The Balaban J connectivity index is 1.83. The van der Waals surface area contributed by atoms with Crippen molar-refractivity contribution in [3.63, 3.8) is 0 Å². The molecule has 0 aromatic carbocycles. The van der Waals surface area contributed by atoms with Gasteiger partial charge in [0.05, 0.1) is 24.5 Å². The molecule has 0 bridgehead atoms. The monoisotopic (exact) mass is 318 g/mol. The van der Waals surface area contributed by atoms with E-state index >= 15 is 0 Å². The summed E-state index contributed by atoms with van der Waals surface area (Å²) in [5, 5.41) is 19.8. The summed E-state index contributed by atoms with van der Waals surface area (Å²) in [6.07, 6.45) is 0.953. The lowest BCUT2D eigenvalue weighted by atomic mass is 10.1. The Morgan fingerprint density at radius 1 is 1.50 bits per heavy atom. The minimum absolute atomic E-state index is 0.209. The standard InChI is InChI=1S/C16H18N2O3S/c1-11-6-12(2)18-16(15(11)7-17)22-10-13(19)8-20-9-14-4-3-5-21-14/h3-6,13,19H,8-10H2,1-2H3/t13-/m0/s1. The van der Waals surface area contributed by atoms with Crippen LogP contribution in [0.25, 0.3) is 0 Å². The predicted molar refractivity (Wildman–Crippen MR) is 83.5 cm³/mol. The Hall–Kier alpha value is -1.81. The smallest absolute Gasteiger partial charge is 0.129 e. The molecule has 0 amide bonds. The SMILES string of the molecule is Cc1cc(C)c(C#N)c(SC[C@@H](O)COCc2ccco2)n1. The van der Waals surface area contributed by atoms with Gasteiger partial charge in [-0.25, -0.2) is 4.98 Å². The molecule has 22 heavy (non-hydrogen) atoms. The van der Waals surface area contributed by atoms with Gasteiger partial charge in [0.15, 0.2) is 0 Å². The third-order valence-electron chi connectivity index (χ3n) is 2.97. The summed E-state index contributed by atoms with van der Waals surface area (Å²) in [6, 6.07) is 7.66. The number of nitrogens with zero attached hydrogens (tertiary/aromatic N) is 2. The summed E-state index contributed by atoms with van der Waals surface area (Å²) in [6.45, 7) is 4.32. The van der Waals surface area contributed by atoms with Crippen molar-refractivity contribution in [1.29, 1.82) is 5.26 Å². The van der Waals surface area contributed by atoms with Crippen molar-refractivity contribution in [2.75, 3.05) is 12.4 Å². The van der Waals surface area contributed by atoms with Gasteiger partial charge in [-0.05, 0) is 37.6 Å². The van der Waals surface area contributed by atoms with Gasteiger partial charge in [0.1, 0.15) is 23.5 Å². The molecule has 0 saturated heterocycles. The number of aromatic nitrogens is 1. The molecule has 0 aliphatic carbocycles. The van der Waals surface area contributed by atoms with Gasteiger partial charge in [-0.2, -0.15) is 5.26 Å². The summed E-state index contributed by atoms with van der Waals surface area (Å²) in [4.78, 5) is 4.37. The summed E-state index contributed by atoms with van der Waals surface area (Å²) in [5.41, 5.74) is 2.34. The molecule has 0 aliphatic heterocycles. The van der Waals surface area contributed by atoms with E-state index in [1.165, 1.54) is 11.8 Å². The number of aliphatic hydroxyl groups excluding tert-OH is 1. The number of hydrogen-bond acceptors (Lipinski definition) is 6. The first-order valence-corrected chi connectivity index (χ1v) is 7.88. The quantitative estimate of drug-likeness (QED) is 0.791. The topological polar surface area (TPSA) is 79.3 Å². The number of aryl methyl sites for hydroxylation is 2. The number of pyridine rings is 1. The molecule has 6 heteroatoms. The number of rotatable bonds is 7. The maximum absolute atomic E-state index is 9.95. The van der Waals surface area contributed by atoms with Gasteiger partial charge in [-0.15, -0.1) is 11.8 Å². The average Bonchev–Trinajstić information content (AvgIpc) is 2.98. The van der Waals surface area contributed by atoms with Crippen LogP contribution in [0.5, 0.6) is 0 Å². The normalized spacial score (nSPS) is 12.1. The highest BCUT2D eigenvalue weighted by Crippen LogP contribution is 2.24. The van der Waals surface area contributed by atoms with E-state index in [2.05, 4.69) is 11.1 Å². The number of thioether (sulfide) groups is 1. The first-order chi connectivity index (χ1) is 10.6. The molecule has 1 N–H and O–H groups in total. The fourth-order valence-corrected chi connectivity index (χ4v) is 2.96. The van der Waals surface area contributed by atoms with Crippen molar-refractivity contribution in [2.24, 2.45) is 0 Å². The lowest BCUT2D eigenvalue weighted by Gasteiger charge is -2.12. The van der Waals surface area contributed by atoms with Crippen LogP contribution in [-0.4, -0.2) is 28.6 Å². The van der Waals surface area contributed by atoms with E-state index in [0.717, 1.165) is 17.0 Å². The zero-order valence-electron chi connectivity index (χ0n) is 12.6. The highest BCUT2D eigenvalue weighted by molar-refractivity contribution is 7.99. The molecule has 5 nitrogen and oxygen atoms in total. The van der Waals surface area contributed by atoms with E-state index in [1.807, 2.05) is 26.0 Å². The van der Waals surface area contributed by atoms with Crippen LogP contribution in [-0.2, 0) is 11.3 Å². The molecule has 0 unspecified atom stereocenters. The molecular weight excluding hydrogens is 300 g/mol. The van der Waals surface area contributed by atoms with Crippen molar-refractivity contribution in [3.8, 4) is 6.07 Å². The van der Waals surface area contributed by atoms with Gasteiger partial charge >= 0.3 is 0 Å². The van der Waals surface area contributed by atoms with Crippen LogP contribution in [0, 0.1) is 25.2 Å². The molecule has 0 saturated carbocycles. The van der Waals surface area contributed by atoms with Crippen molar-refractivity contribution < 1.29 is 14.3 Å². The minimum Gasteiger partial charge on any atom is -0.467 e. The molecule has 0 aliphatic rings. The average molecular weight is 318 g/mol. The zero-order chi connectivity index (χ0) is 15.9. The summed E-state index contributed by atoms with van der Waals surface area (Å²) >= 11 is 1.37. The van der Waals surface area contributed by atoms with Crippen LogP contribution in [0.3, 0.4) is 0 Å². The van der Waals surface area contributed by atoms with Crippen LogP contribution >= 0.6 is 11.8 Å². The molecule has 1 atom stereocenters. The predicted octanol–water partition coefficient (Wildman–Crippen LogP) is 2.83. The Morgan fingerprint density at radius 2 is 2.32 bits per heavy atom. The van der Waals surface area contributed by atoms with Crippen molar-refractivity contribution in [2.45, 2.75) is 31.6 Å².